The van der Waals surface area contributed by atoms with Crippen molar-refractivity contribution >= 4 is 37.5 Å². The van der Waals surface area contributed by atoms with E-state index in [0.29, 0.717) is 15.7 Å². The van der Waals surface area contributed by atoms with Crippen molar-refractivity contribution in [3.63, 3.8) is 0 Å². The number of hydrogen-bond acceptors (Lipinski definition) is 4. The average Bonchev–Trinajstić information content (AvgIpc) is 2.55. The summed E-state index contributed by atoms with van der Waals surface area (Å²) >= 11 is 3.32. The van der Waals surface area contributed by atoms with Crippen LogP contribution in [0.3, 0.4) is 0 Å². The van der Waals surface area contributed by atoms with E-state index in [1.54, 1.807) is 37.3 Å². The third kappa shape index (κ3) is 5.37. The molecule has 25 heavy (non-hydrogen) atoms. The molecule has 1 unspecified atom stereocenters. The lowest BCUT2D eigenvalue weighted by atomic mass is 10.2. The number of halogens is 1. The molecule has 0 aromatic heterocycles. The average molecular weight is 427 g/mol. The van der Waals surface area contributed by atoms with Gasteiger partial charge < -0.3 is 10.1 Å². The van der Waals surface area contributed by atoms with Crippen LogP contribution in [0.1, 0.15) is 17.3 Å². The number of sulfonamides is 1. The van der Waals surface area contributed by atoms with Crippen LogP contribution in [0.15, 0.2) is 57.9 Å². The van der Waals surface area contributed by atoms with Crippen molar-refractivity contribution in [2.24, 2.45) is 0 Å². The lowest BCUT2D eigenvalue weighted by Crippen LogP contribution is -2.35. The summed E-state index contributed by atoms with van der Waals surface area (Å²) < 4.78 is 32.6. The van der Waals surface area contributed by atoms with Crippen molar-refractivity contribution in [3.05, 3.63) is 58.6 Å². The van der Waals surface area contributed by atoms with E-state index in [1.807, 2.05) is 6.07 Å². The number of amides is 1. The van der Waals surface area contributed by atoms with Crippen LogP contribution < -0.4 is 10.0 Å². The minimum Gasteiger partial charge on any atom is -0.383 e. The second-order valence-electron chi connectivity index (χ2n) is 5.44. The zero-order chi connectivity index (χ0) is 18.4. The zero-order valence-corrected chi connectivity index (χ0v) is 16.2. The summed E-state index contributed by atoms with van der Waals surface area (Å²) in [4.78, 5) is 12.4. The normalized spacial score (nSPS) is 12.6. The Morgan fingerprint density at radius 3 is 2.40 bits per heavy atom. The van der Waals surface area contributed by atoms with E-state index in [0.717, 1.165) is 0 Å². The van der Waals surface area contributed by atoms with Crippen LogP contribution in [-0.4, -0.2) is 34.1 Å². The van der Waals surface area contributed by atoms with Gasteiger partial charge in [-0.3, -0.25) is 4.79 Å². The highest BCUT2D eigenvalue weighted by Crippen LogP contribution is 2.19. The quantitative estimate of drug-likeness (QED) is 0.712. The van der Waals surface area contributed by atoms with Gasteiger partial charge in [0.1, 0.15) is 0 Å². The Hall–Kier alpha value is -1.74. The van der Waals surface area contributed by atoms with Crippen LogP contribution >= 0.6 is 15.9 Å². The molecule has 0 saturated carbocycles. The molecule has 2 N–H and O–H groups in total. The van der Waals surface area contributed by atoms with Crippen molar-refractivity contribution in [2.75, 3.05) is 19.0 Å². The fourth-order valence-electron chi connectivity index (χ4n) is 2.18. The van der Waals surface area contributed by atoms with Gasteiger partial charge in [0.2, 0.25) is 10.0 Å². The van der Waals surface area contributed by atoms with Crippen LogP contribution in [0.2, 0.25) is 0 Å². The number of rotatable bonds is 7. The minimum atomic E-state index is -3.64. The SMILES string of the molecule is COCC(C)NS(=O)(=O)c1ccc(NC(=O)c2ccccc2Br)cc1. The molecular formula is C17H19BrN2O4S. The van der Waals surface area contributed by atoms with Gasteiger partial charge in [-0.25, -0.2) is 13.1 Å². The Balaban J connectivity index is 2.09. The second-order valence-corrected chi connectivity index (χ2v) is 8.00. The van der Waals surface area contributed by atoms with Gasteiger partial charge in [-0.05, 0) is 59.3 Å². The van der Waals surface area contributed by atoms with Gasteiger partial charge in [0.25, 0.3) is 5.91 Å². The van der Waals surface area contributed by atoms with E-state index < -0.39 is 10.0 Å². The number of carbonyl (C=O) groups excluding carboxylic acids is 1. The third-order valence-corrected chi connectivity index (χ3v) is 5.61. The molecule has 2 aromatic carbocycles. The van der Waals surface area contributed by atoms with Gasteiger partial charge in [-0.1, -0.05) is 12.1 Å². The van der Waals surface area contributed by atoms with E-state index in [2.05, 4.69) is 26.0 Å². The van der Waals surface area contributed by atoms with Crippen molar-refractivity contribution < 1.29 is 17.9 Å². The molecule has 0 aliphatic rings. The van der Waals surface area contributed by atoms with Crippen LogP contribution in [-0.2, 0) is 14.8 Å². The van der Waals surface area contributed by atoms with Crippen molar-refractivity contribution in [2.45, 2.75) is 17.9 Å². The number of benzene rings is 2. The first kappa shape index (κ1) is 19.6. The Morgan fingerprint density at radius 1 is 1.16 bits per heavy atom. The third-order valence-electron chi connectivity index (χ3n) is 3.31. The van der Waals surface area contributed by atoms with Gasteiger partial charge in [-0.15, -0.1) is 0 Å². The van der Waals surface area contributed by atoms with E-state index in [1.165, 1.54) is 19.2 Å². The maximum atomic E-state index is 12.3. The highest BCUT2D eigenvalue weighted by atomic mass is 79.9. The van der Waals surface area contributed by atoms with Crippen molar-refractivity contribution in [1.82, 2.24) is 4.72 Å². The highest BCUT2D eigenvalue weighted by molar-refractivity contribution is 9.10. The summed E-state index contributed by atoms with van der Waals surface area (Å²) in [6.07, 6.45) is 0. The molecule has 0 aliphatic heterocycles. The summed E-state index contributed by atoms with van der Waals surface area (Å²) in [6.45, 7) is 1.99. The van der Waals surface area contributed by atoms with Gasteiger partial charge in [0.05, 0.1) is 17.1 Å². The number of anilines is 1. The topological polar surface area (TPSA) is 84.5 Å². The first-order valence-corrected chi connectivity index (χ1v) is 9.78. The number of carbonyl (C=O) groups is 1. The van der Waals surface area contributed by atoms with Crippen molar-refractivity contribution in [1.29, 1.82) is 0 Å². The monoisotopic (exact) mass is 426 g/mol. The fourth-order valence-corrected chi connectivity index (χ4v) is 3.87. The molecule has 0 fully saturated rings. The first-order chi connectivity index (χ1) is 11.8. The summed E-state index contributed by atoms with van der Waals surface area (Å²) in [5.41, 5.74) is 0.999. The molecule has 1 atom stereocenters. The molecule has 0 heterocycles. The molecule has 1 amide bonds. The Bertz CT molecular complexity index is 838. The van der Waals surface area contributed by atoms with E-state index in [9.17, 15) is 13.2 Å². The van der Waals surface area contributed by atoms with E-state index in [-0.39, 0.29) is 23.5 Å². The second kappa shape index (κ2) is 8.57. The van der Waals surface area contributed by atoms with Gasteiger partial charge in [0, 0.05) is 23.3 Å². The molecule has 0 bridgehead atoms. The molecule has 0 aliphatic carbocycles. The number of hydrogen-bond donors (Lipinski definition) is 2. The minimum absolute atomic E-state index is 0.120. The molecule has 8 heteroatoms. The van der Waals surface area contributed by atoms with E-state index >= 15 is 0 Å². The summed E-state index contributed by atoms with van der Waals surface area (Å²) in [5.74, 6) is -0.282. The Labute approximate surface area is 155 Å². The molecule has 2 aromatic rings. The zero-order valence-electron chi connectivity index (χ0n) is 13.8. The van der Waals surface area contributed by atoms with Gasteiger partial charge in [0.15, 0.2) is 0 Å². The molecule has 6 nitrogen and oxygen atoms in total. The predicted octanol–water partition coefficient (Wildman–Crippen LogP) is 3.01. The van der Waals surface area contributed by atoms with Gasteiger partial charge >= 0.3 is 0 Å². The number of methoxy groups -OCH3 is 1. The highest BCUT2D eigenvalue weighted by Gasteiger charge is 2.17. The molecular weight excluding hydrogens is 408 g/mol. The standard InChI is InChI=1S/C17H19BrN2O4S/c1-12(11-24-2)20-25(22,23)14-9-7-13(8-10-14)19-17(21)15-5-3-4-6-16(15)18/h3-10,12,20H,11H2,1-2H3,(H,19,21). The molecule has 2 rings (SSSR count). The van der Waals surface area contributed by atoms with Crippen molar-refractivity contribution in [3.8, 4) is 0 Å². The van der Waals surface area contributed by atoms with Crippen LogP contribution in [0.5, 0.6) is 0 Å². The molecule has 0 radical (unpaired) electrons. The largest absolute Gasteiger partial charge is 0.383 e. The molecule has 134 valence electrons. The smallest absolute Gasteiger partial charge is 0.256 e. The van der Waals surface area contributed by atoms with E-state index in [4.69, 9.17) is 4.74 Å². The summed E-state index contributed by atoms with van der Waals surface area (Å²) in [6, 6.07) is 12.7. The Morgan fingerprint density at radius 2 is 1.80 bits per heavy atom. The predicted molar refractivity (Wildman–Crippen MR) is 100 cm³/mol. The maximum Gasteiger partial charge on any atom is 0.256 e. The maximum absolute atomic E-state index is 12.3. The fraction of sp³-hybridized carbons (Fsp3) is 0.235. The lowest BCUT2D eigenvalue weighted by Gasteiger charge is -2.13. The summed E-state index contributed by atoms with van der Waals surface area (Å²) in [5, 5.41) is 2.73. The molecule has 0 saturated heterocycles. The van der Waals surface area contributed by atoms with Crippen LogP contribution in [0.4, 0.5) is 5.69 Å². The lowest BCUT2D eigenvalue weighted by molar-refractivity contribution is 0.102. The first-order valence-electron chi connectivity index (χ1n) is 7.50. The molecule has 0 spiro atoms. The number of nitrogens with one attached hydrogen (secondary N) is 2. The van der Waals surface area contributed by atoms with Crippen LogP contribution in [0.25, 0.3) is 0 Å². The Kier molecular flexibility index (Phi) is 6.71. The summed E-state index contributed by atoms with van der Waals surface area (Å²) in [7, 11) is -2.13. The van der Waals surface area contributed by atoms with Gasteiger partial charge in [-0.2, -0.15) is 0 Å². The van der Waals surface area contributed by atoms with Crippen LogP contribution in [0, 0.1) is 0 Å². The number of ether oxygens (including phenoxy) is 1.